The quantitative estimate of drug-likeness (QED) is 0.661. The van der Waals surface area contributed by atoms with Gasteiger partial charge in [0, 0.05) is 0 Å². The molecule has 0 bridgehead atoms. The molecule has 1 unspecified atom stereocenters. The van der Waals surface area contributed by atoms with Gasteiger partial charge in [-0.3, -0.25) is 19.3 Å². The van der Waals surface area contributed by atoms with Gasteiger partial charge >= 0.3 is 5.97 Å². The Bertz CT molecular complexity index is 569. The summed E-state index contributed by atoms with van der Waals surface area (Å²) in [4.78, 5) is 37.1. The third-order valence-corrected chi connectivity index (χ3v) is 2.97. The van der Waals surface area contributed by atoms with Crippen molar-refractivity contribution in [1.82, 2.24) is 4.90 Å². The van der Waals surface area contributed by atoms with Gasteiger partial charge < -0.3 is 10.5 Å². The highest BCUT2D eigenvalue weighted by molar-refractivity contribution is 6.21. The predicted octanol–water partition coefficient (Wildman–Crippen LogP) is 0.952. The second kappa shape index (κ2) is 5.29. The van der Waals surface area contributed by atoms with E-state index in [9.17, 15) is 14.4 Å². The van der Waals surface area contributed by atoms with E-state index in [1.54, 1.807) is 45.0 Å². The van der Waals surface area contributed by atoms with Crippen molar-refractivity contribution >= 4 is 17.8 Å². The van der Waals surface area contributed by atoms with Crippen LogP contribution in [0, 0.1) is 0 Å². The lowest BCUT2D eigenvalue weighted by molar-refractivity contribution is -0.156. The van der Waals surface area contributed by atoms with Gasteiger partial charge in [-0.05, 0) is 32.9 Å². The van der Waals surface area contributed by atoms with Gasteiger partial charge in [-0.2, -0.15) is 0 Å². The molecule has 0 saturated heterocycles. The smallest absolute Gasteiger partial charge is 0.325 e. The standard InChI is InChI=1S/C15H18N2O4/c1-15(2,3)21-14(20)11(16)8-17-12(18)9-6-4-5-7-10(9)13(17)19/h4-7,11H,8,16H2,1-3H3. The molecule has 0 radical (unpaired) electrons. The lowest BCUT2D eigenvalue weighted by Gasteiger charge is -2.24. The number of fused-ring (bicyclic) bond motifs is 1. The topological polar surface area (TPSA) is 89.7 Å². The first-order valence-electron chi connectivity index (χ1n) is 6.64. The van der Waals surface area contributed by atoms with Crippen molar-refractivity contribution in [2.24, 2.45) is 5.73 Å². The fourth-order valence-electron chi connectivity index (χ4n) is 2.05. The van der Waals surface area contributed by atoms with Crippen LogP contribution < -0.4 is 5.73 Å². The second-order valence-electron chi connectivity index (χ2n) is 5.91. The van der Waals surface area contributed by atoms with Gasteiger partial charge in [-0.25, -0.2) is 0 Å². The molecular weight excluding hydrogens is 272 g/mol. The third kappa shape index (κ3) is 3.11. The van der Waals surface area contributed by atoms with Crippen LogP contribution in [0.1, 0.15) is 41.5 Å². The van der Waals surface area contributed by atoms with Gasteiger partial charge in [0.2, 0.25) is 0 Å². The number of esters is 1. The zero-order valence-electron chi connectivity index (χ0n) is 12.3. The molecular formula is C15H18N2O4. The summed E-state index contributed by atoms with van der Waals surface area (Å²) < 4.78 is 5.14. The minimum Gasteiger partial charge on any atom is -0.459 e. The summed E-state index contributed by atoms with van der Waals surface area (Å²) in [7, 11) is 0. The monoisotopic (exact) mass is 290 g/mol. The highest BCUT2D eigenvalue weighted by Gasteiger charge is 2.37. The van der Waals surface area contributed by atoms with Crippen molar-refractivity contribution in [1.29, 1.82) is 0 Å². The van der Waals surface area contributed by atoms with E-state index in [0.29, 0.717) is 11.1 Å². The molecule has 2 amide bonds. The van der Waals surface area contributed by atoms with Gasteiger partial charge in [0.15, 0.2) is 0 Å². The first kappa shape index (κ1) is 15.2. The van der Waals surface area contributed by atoms with E-state index in [1.165, 1.54) is 0 Å². The van der Waals surface area contributed by atoms with Gasteiger partial charge in [0.1, 0.15) is 11.6 Å². The van der Waals surface area contributed by atoms with E-state index < -0.39 is 29.4 Å². The Balaban J connectivity index is 2.10. The molecule has 0 fully saturated rings. The molecule has 1 aromatic rings. The van der Waals surface area contributed by atoms with Crippen molar-refractivity contribution in [3.8, 4) is 0 Å². The maximum absolute atomic E-state index is 12.1. The number of nitrogens with two attached hydrogens (primary N) is 1. The normalized spacial score (nSPS) is 15.9. The number of ether oxygens (including phenoxy) is 1. The number of hydrogen-bond donors (Lipinski definition) is 1. The fourth-order valence-corrected chi connectivity index (χ4v) is 2.05. The Hall–Kier alpha value is -2.21. The number of nitrogens with zero attached hydrogens (tertiary/aromatic N) is 1. The van der Waals surface area contributed by atoms with E-state index in [4.69, 9.17) is 10.5 Å². The summed E-state index contributed by atoms with van der Waals surface area (Å²) in [6.07, 6.45) is 0. The van der Waals surface area contributed by atoms with E-state index in [-0.39, 0.29) is 6.54 Å². The van der Waals surface area contributed by atoms with Gasteiger partial charge in [0.25, 0.3) is 11.8 Å². The number of rotatable bonds is 3. The Morgan fingerprint density at radius 1 is 1.19 bits per heavy atom. The van der Waals surface area contributed by atoms with Gasteiger partial charge in [-0.1, -0.05) is 12.1 Å². The molecule has 6 heteroatoms. The lowest BCUT2D eigenvalue weighted by atomic mass is 10.1. The molecule has 0 aliphatic carbocycles. The number of carbonyl (C=O) groups is 3. The Morgan fingerprint density at radius 3 is 2.10 bits per heavy atom. The van der Waals surface area contributed by atoms with E-state index in [1.807, 2.05) is 0 Å². The summed E-state index contributed by atoms with van der Waals surface area (Å²) in [5.74, 6) is -1.51. The van der Waals surface area contributed by atoms with Gasteiger partial charge in [0.05, 0.1) is 17.7 Å². The van der Waals surface area contributed by atoms with E-state index >= 15 is 0 Å². The molecule has 6 nitrogen and oxygen atoms in total. The predicted molar refractivity (Wildman–Crippen MR) is 75.6 cm³/mol. The molecule has 112 valence electrons. The van der Waals surface area contributed by atoms with Crippen molar-refractivity contribution < 1.29 is 19.1 Å². The van der Waals surface area contributed by atoms with E-state index in [0.717, 1.165) is 4.90 Å². The van der Waals surface area contributed by atoms with Crippen molar-refractivity contribution in [3.05, 3.63) is 35.4 Å². The summed E-state index contributed by atoms with van der Waals surface area (Å²) in [5, 5.41) is 0. The molecule has 1 atom stereocenters. The molecule has 0 spiro atoms. The Morgan fingerprint density at radius 2 is 1.67 bits per heavy atom. The summed E-state index contributed by atoms with van der Waals surface area (Å²) in [6, 6.07) is 5.46. The number of benzene rings is 1. The second-order valence-corrected chi connectivity index (χ2v) is 5.91. The van der Waals surface area contributed by atoms with Crippen molar-refractivity contribution in [2.45, 2.75) is 32.4 Å². The van der Waals surface area contributed by atoms with Crippen molar-refractivity contribution in [2.75, 3.05) is 6.54 Å². The third-order valence-electron chi connectivity index (χ3n) is 2.97. The SMILES string of the molecule is CC(C)(C)OC(=O)C(N)CN1C(=O)c2ccccc2C1=O. The van der Waals surface area contributed by atoms with Crippen LogP contribution in [0.2, 0.25) is 0 Å². The zero-order chi connectivity index (χ0) is 15.8. The van der Waals surface area contributed by atoms with Crippen LogP contribution in [0.3, 0.4) is 0 Å². The molecule has 1 aromatic carbocycles. The van der Waals surface area contributed by atoms with Crippen LogP contribution >= 0.6 is 0 Å². The number of amides is 2. The lowest BCUT2D eigenvalue weighted by Crippen LogP contribution is -2.47. The Labute approximate surface area is 122 Å². The molecule has 21 heavy (non-hydrogen) atoms. The zero-order valence-corrected chi connectivity index (χ0v) is 12.3. The average Bonchev–Trinajstić information content (AvgIpc) is 2.62. The average molecular weight is 290 g/mol. The first-order chi connectivity index (χ1) is 9.70. The van der Waals surface area contributed by atoms with Crippen molar-refractivity contribution in [3.63, 3.8) is 0 Å². The first-order valence-corrected chi connectivity index (χ1v) is 6.64. The molecule has 1 aliphatic rings. The van der Waals surface area contributed by atoms with Crippen LogP contribution in [-0.4, -0.2) is 40.9 Å². The van der Waals surface area contributed by atoms with Crippen LogP contribution in [0.4, 0.5) is 0 Å². The molecule has 1 aliphatic heterocycles. The number of hydrogen-bond acceptors (Lipinski definition) is 5. The summed E-state index contributed by atoms with van der Waals surface area (Å²) >= 11 is 0. The number of carbonyl (C=O) groups excluding carboxylic acids is 3. The molecule has 0 aromatic heterocycles. The highest BCUT2D eigenvalue weighted by atomic mass is 16.6. The van der Waals surface area contributed by atoms with Gasteiger partial charge in [-0.15, -0.1) is 0 Å². The van der Waals surface area contributed by atoms with E-state index in [2.05, 4.69) is 0 Å². The van der Waals surface area contributed by atoms with Crippen LogP contribution in [-0.2, 0) is 9.53 Å². The summed E-state index contributed by atoms with van der Waals surface area (Å²) in [6.45, 7) is 4.97. The maximum Gasteiger partial charge on any atom is 0.325 e. The maximum atomic E-state index is 12.1. The molecule has 2 rings (SSSR count). The fraction of sp³-hybridized carbons (Fsp3) is 0.400. The minimum atomic E-state index is -1.06. The summed E-state index contributed by atoms with van der Waals surface area (Å²) in [5.41, 5.74) is 5.74. The van der Waals surface area contributed by atoms with Crippen LogP contribution in [0.25, 0.3) is 0 Å². The molecule has 2 N–H and O–H groups in total. The van der Waals surface area contributed by atoms with Crippen LogP contribution in [0.5, 0.6) is 0 Å². The molecule has 1 heterocycles. The largest absolute Gasteiger partial charge is 0.459 e. The molecule has 0 saturated carbocycles. The Kier molecular flexibility index (Phi) is 3.82. The minimum absolute atomic E-state index is 0.193. The number of imide groups is 1. The highest BCUT2D eigenvalue weighted by Crippen LogP contribution is 2.22. The van der Waals surface area contributed by atoms with Crippen LogP contribution in [0.15, 0.2) is 24.3 Å².